The average molecular weight is 793 g/mol. The second-order valence-corrected chi connectivity index (χ2v) is 17.4. The Morgan fingerprint density at radius 1 is 1.06 bits per heavy atom. The Hall–Kier alpha value is -3.80. The highest BCUT2D eigenvalue weighted by Gasteiger charge is 2.78. The highest BCUT2D eigenvalue weighted by Crippen LogP contribution is 2.62. The number of esters is 1. The minimum absolute atomic E-state index is 0.0265. The van der Waals surface area contributed by atoms with E-state index in [4.69, 9.17) is 9.47 Å². The fourth-order valence-electron chi connectivity index (χ4n) is 8.93. The van der Waals surface area contributed by atoms with Crippen molar-refractivity contribution in [1.29, 1.82) is 0 Å². The number of carbonyl (C=O) groups is 4. The van der Waals surface area contributed by atoms with E-state index in [0.29, 0.717) is 30.4 Å². The van der Waals surface area contributed by atoms with Crippen molar-refractivity contribution in [2.45, 2.75) is 101 Å². The Labute approximate surface area is 322 Å². The van der Waals surface area contributed by atoms with Crippen LogP contribution >= 0.6 is 15.9 Å². The van der Waals surface area contributed by atoms with Gasteiger partial charge in [0.2, 0.25) is 17.7 Å². The van der Waals surface area contributed by atoms with Crippen molar-refractivity contribution in [2.24, 2.45) is 17.3 Å². The molecular weight excluding hydrogens is 738 g/mol. The van der Waals surface area contributed by atoms with Crippen molar-refractivity contribution in [3.05, 3.63) is 97.1 Å². The number of hydrogen-bond donors (Lipinski definition) is 2. The maximum absolute atomic E-state index is 15.3. The van der Waals surface area contributed by atoms with Crippen molar-refractivity contribution < 1.29 is 33.8 Å². The molecule has 10 nitrogen and oxygen atoms in total. The maximum Gasteiger partial charge on any atom is 0.313 e. The molecule has 0 saturated carbocycles. The second kappa shape index (κ2) is 16.3. The van der Waals surface area contributed by atoms with Crippen LogP contribution in [-0.4, -0.2) is 86.4 Å². The molecule has 0 radical (unpaired) electrons. The highest BCUT2D eigenvalue weighted by atomic mass is 79.9. The predicted octanol–water partition coefficient (Wildman–Crippen LogP) is 6.06. The molecule has 2 N–H and O–H groups in total. The smallest absolute Gasteiger partial charge is 0.313 e. The van der Waals surface area contributed by atoms with Gasteiger partial charge in [0.25, 0.3) is 0 Å². The first-order chi connectivity index (χ1) is 25.1. The standard InChI is InChI=1S/C42H54BrN3O7/c1-8-10-21-32(48)44-24-31(28-19-15-12-16-20-28)52-39(51)33-34-37(49)46(30(25-47)27-17-13-11-14-18-27)36(42(34)23-29(43)35(33)53-42)38(50)45(22-9-2)41(6,7)26-40(3,4)5/h8-9,11-20,29-31,33-36,47H,1-2,10,21-26H2,3-7H3,(H,44,48)/t29?,30-,31-,33+,34-,35+,36+,42-/m1/s1. The predicted molar refractivity (Wildman–Crippen MR) is 207 cm³/mol. The third-order valence-electron chi connectivity index (χ3n) is 10.7. The van der Waals surface area contributed by atoms with E-state index in [0.717, 1.165) is 0 Å². The molecule has 0 aromatic heterocycles. The number of alkyl halides is 1. The second-order valence-electron chi connectivity index (χ2n) is 16.3. The molecule has 3 saturated heterocycles. The lowest BCUT2D eigenvalue weighted by Crippen LogP contribution is -2.61. The first-order valence-corrected chi connectivity index (χ1v) is 19.4. The van der Waals surface area contributed by atoms with Crippen molar-refractivity contribution in [3.63, 3.8) is 0 Å². The molecule has 2 aromatic carbocycles. The number of nitrogens with one attached hydrogen (secondary N) is 1. The van der Waals surface area contributed by atoms with Crippen LogP contribution in [0.5, 0.6) is 0 Å². The SMILES string of the molecule is C=CCCC(=O)NC[C@@H](OC(=O)[C@@H]1[C@H]2O[C@@]3(CC2Br)[C@H](C(=O)N(CC=C)C(C)(C)CC(C)(C)C)N([C@H](CO)c2ccccc2)C(=O)[C@@H]13)c1ccccc1. The van der Waals surface area contributed by atoms with Gasteiger partial charge in [-0.15, -0.1) is 13.2 Å². The zero-order chi connectivity index (χ0) is 38.7. The van der Waals surface area contributed by atoms with Gasteiger partial charge >= 0.3 is 5.97 Å². The van der Waals surface area contributed by atoms with Crippen LogP contribution in [0.3, 0.4) is 0 Å². The van der Waals surface area contributed by atoms with Gasteiger partial charge in [0.1, 0.15) is 17.7 Å². The number of likely N-dealkylation sites (tertiary alicyclic amines) is 1. The summed E-state index contributed by atoms with van der Waals surface area (Å²) in [5, 5.41) is 13.8. The summed E-state index contributed by atoms with van der Waals surface area (Å²) in [6.45, 7) is 17.8. The third kappa shape index (κ3) is 8.17. The molecule has 286 valence electrons. The molecule has 2 aromatic rings. The molecule has 3 aliphatic rings. The molecule has 1 spiro atoms. The first-order valence-electron chi connectivity index (χ1n) is 18.5. The van der Waals surface area contributed by atoms with Gasteiger partial charge in [0.15, 0.2) is 0 Å². The van der Waals surface area contributed by atoms with E-state index < -0.39 is 65.8 Å². The summed E-state index contributed by atoms with van der Waals surface area (Å²) in [4.78, 5) is 60.4. The number of fused-ring (bicyclic) bond motifs is 1. The summed E-state index contributed by atoms with van der Waals surface area (Å²) >= 11 is 3.76. The number of allylic oxidation sites excluding steroid dienone is 1. The van der Waals surface area contributed by atoms with Crippen LogP contribution in [0.1, 0.15) is 83.6 Å². The van der Waals surface area contributed by atoms with E-state index >= 15 is 9.59 Å². The van der Waals surface area contributed by atoms with Crippen LogP contribution in [0.4, 0.5) is 0 Å². The summed E-state index contributed by atoms with van der Waals surface area (Å²) in [6, 6.07) is 16.2. The number of ether oxygens (including phenoxy) is 2. The van der Waals surface area contributed by atoms with Crippen LogP contribution < -0.4 is 5.32 Å². The van der Waals surface area contributed by atoms with Gasteiger partial charge in [0, 0.05) is 23.3 Å². The molecule has 0 aliphatic carbocycles. The van der Waals surface area contributed by atoms with Crippen molar-refractivity contribution >= 4 is 39.6 Å². The van der Waals surface area contributed by atoms with Gasteiger partial charge < -0.3 is 29.7 Å². The van der Waals surface area contributed by atoms with Crippen LogP contribution in [-0.2, 0) is 28.7 Å². The number of hydrogen-bond acceptors (Lipinski definition) is 7. The molecule has 1 unspecified atom stereocenters. The number of halogens is 1. The highest BCUT2D eigenvalue weighted by molar-refractivity contribution is 9.09. The Bertz CT molecular complexity index is 1660. The fourth-order valence-corrected chi connectivity index (χ4v) is 9.87. The van der Waals surface area contributed by atoms with Gasteiger partial charge in [-0.25, -0.2) is 0 Å². The Balaban J connectivity index is 1.57. The molecule has 2 bridgehead atoms. The maximum atomic E-state index is 15.3. The van der Waals surface area contributed by atoms with E-state index in [2.05, 4.69) is 55.2 Å². The van der Waals surface area contributed by atoms with Gasteiger partial charge in [-0.1, -0.05) is 110 Å². The van der Waals surface area contributed by atoms with E-state index in [1.165, 1.54) is 4.90 Å². The summed E-state index contributed by atoms with van der Waals surface area (Å²) in [6.07, 6.45) is 3.44. The number of nitrogens with zero attached hydrogens (tertiary/aromatic N) is 2. The van der Waals surface area contributed by atoms with E-state index in [9.17, 15) is 14.7 Å². The zero-order valence-corrected chi connectivity index (χ0v) is 33.1. The Morgan fingerprint density at radius 3 is 2.25 bits per heavy atom. The average Bonchev–Trinajstić information content (AvgIpc) is 3.71. The Kier molecular flexibility index (Phi) is 12.4. The minimum atomic E-state index is -1.39. The lowest BCUT2D eigenvalue weighted by molar-refractivity contribution is -0.161. The summed E-state index contributed by atoms with van der Waals surface area (Å²) in [5.74, 6) is -3.76. The molecule has 3 amide bonds. The summed E-state index contributed by atoms with van der Waals surface area (Å²) < 4.78 is 13.0. The van der Waals surface area contributed by atoms with Crippen LogP contribution in [0, 0.1) is 17.3 Å². The quantitative estimate of drug-likeness (QED) is 0.120. The lowest BCUT2D eigenvalue weighted by Gasteiger charge is -2.46. The van der Waals surface area contributed by atoms with E-state index in [1.807, 2.05) is 74.5 Å². The zero-order valence-electron chi connectivity index (χ0n) is 31.5. The molecular formula is C42H54BrN3O7. The van der Waals surface area contributed by atoms with E-state index in [-0.39, 0.29) is 41.6 Å². The molecule has 11 heteroatoms. The van der Waals surface area contributed by atoms with Gasteiger partial charge in [0.05, 0.1) is 37.1 Å². The minimum Gasteiger partial charge on any atom is -0.455 e. The van der Waals surface area contributed by atoms with Gasteiger partial charge in [-0.05, 0) is 49.7 Å². The molecule has 3 fully saturated rings. The lowest BCUT2D eigenvalue weighted by atomic mass is 9.70. The van der Waals surface area contributed by atoms with Crippen LogP contribution in [0.2, 0.25) is 0 Å². The number of benzene rings is 2. The topological polar surface area (TPSA) is 125 Å². The Morgan fingerprint density at radius 2 is 1.68 bits per heavy atom. The number of rotatable bonds is 16. The third-order valence-corrected chi connectivity index (χ3v) is 11.5. The fraction of sp³-hybridized carbons (Fsp3) is 0.524. The molecule has 3 heterocycles. The molecule has 8 atom stereocenters. The normalized spacial score (nSPS) is 26.1. The monoisotopic (exact) mass is 791 g/mol. The summed E-state index contributed by atoms with van der Waals surface area (Å²) in [7, 11) is 0. The molecule has 53 heavy (non-hydrogen) atoms. The van der Waals surface area contributed by atoms with Crippen molar-refractivity contribution in [3.8, 4) is 0 Å². The first kappa shape index (κ1) is 40.4. The number of aliphatic hydroxyl groups excluding tert-OH is 1. The van der Waals surface area contributed by atoms with Gasteiger partial charge in [-0.3, -0.25) is 19.2 Å². The van der Waals surface area contributed by atoms with Gasteiger partial charge in [-0.2, -0.15) is 0 Å². The largest absolute Gasteiger partial charge is 0.455 e. The number of aliphatic hydroxyl groups is 1. The molecule has 3 aliphatic heterocycles. The summed E-state index contributed by atoms with van der Waals surface area (Å²) in [5.41, 5.74) is -0.849. The number of carbonyl (C=O) groups excluding carboxylic acids is 4. The van der Waals surface area contributed by atoms with Crippen molar-refractivity contribution in [1.82, 2.24) is 15.1 Å². The van der Waals surface area contributed by atoms with Crippen LogP contribution in [0.15, 0.2) is 86.0 Å². The van der Waals surface area contributed by atoms with Crippen molar-refractivity contribution in [2.75, 3.05) is 19.7 Å². The van der Waals surface area contributed by atoms with Crippen LogP contribution in [0.25, 0.3) is 0 Å². The van der Waals surface area contributed by atoms with E-state index in [1.54, 1.807) is 17.1 Å². The molecule has 5 rings (SSSR count). The number of amides is 3.